The fraction of sp³-hybridized carbons (Fsp3) is 0.500. The summed E-state index contributed by atoms with van der Waals surface area (Å²) >= 11 is 0. The van der Waals surface area contributed by atoms with E-state index >= 15 is 0 Å². The van der Waals surface area contributed by atoms with E-state index in [4.69, 9.17) is 0 Å². The average molecular weight is 156 g/mol. The van der Waals surface area contributed by atoms with E-state index in [-0.39, 0.29) is 0 Å². The molecule has 0 unspecified atom stereocenters. The molecule has 0 aromatic rings. The molecule has 0 spiro atoms. The van der Waals surface area contributed by atoms with Gasteiger partial charge in [-0.2, -0.15) is 8.78 Å². The van der Waals surface area contributed by atoms with Gasteiger partial charge in [-0.1, -0.05) is 0 Å². The Morgan fingerprint density at radius 2 is 2.10 bits per heavy atom. The monoisotopic (exact) mass is 156 g/mol. The largest absolute Gasteiger partial charge is 0.429 e. The van der Waals surface area contributed by atoms with E-state index in [1.54, 1.807) is 0 Å². The summed E-state index contributed by atoms with van der Waals surface area (Å²) in [6.45, 7) is -2.13. The number of carbonyl (C=O) groups excluding carboxylic acids is 2. The van der Waals surface area contributed by atoms with Crippen molar-refractivity contribution >= 4 is 12.3 Å². The molecular weight excluding hydrogens is 153 g/mol. The van der Waals surface area contributed by atoms with Crippen LogP contribution in [0.5, 0.6) is 0 Å². The maximum Gasteiger partial charge on any atom is 0.429 e. The van der Waals surface area contributed by atoms with Gasteiger partial charge in [0.25, 0.3) is 0 Å². The zero-order valence-electron chi connectivity index (χ0n) is 4.64. The first-order valence-corrected chi connectivity index (χ1v) is 2.14. The second-order valence-electron chi connectivity index (χ2n) is 1.31. The van der Waals surface area contributed by atoms with E-state index in [9.17, 15) is 22.8 Å². The number of rotatable bonds is 3. The Morgan fingerprint density at radius 1 is 1.60 bits per heavy atom. The lowest BCUT2D eigenvalue weighted by Gasteiger charge is -2.09. The highest BCUT2D eigenvalue weighted by atomic mass is 19.3. The van der Waals surface area contributed by atoms with Gasteiger partial charge < -0.3 is 4.74 Å². The maximum atomic E-state index is 11.6. The van der Waals surface area contributed by atoms with Crippen molar-refractivity contribution in [3.63, 3.8) is 0 Å². The minimum Gasteiger partial charge on any atom is -0.393 e. The molecule has 0 aliphatic heterocycles. The molecule has 0 fully saturated rings. The number of esters is 1. The van der Waals surface area contributed by atoms with Crippen LogP contribution in [0.1, 0.15) is 0 Å². The lowest BCUT2D eigenvalue weighted by molar-refractivity contribution is -0.235. The first kappa shape index (κ1) is 8.93. The predicted molar refractivity (Wildman–Crippen MR) is 23.1 cm³/mol. The molecule has 10 heavy (non-hydrogen) atoms. The van der Waals surface area contributed by atoms with E-state index in [0.717, 1.165) is 0 Å². The molecular formula is C4H3F3O3. The molecule has 6 heteroatoms. The number of carbonyl (C=O) groups is 2. The van der Waals surface area contributed by atoms with E-state index < -0.39 is 25.0 Å². The standard InChI is InChI=1S/C4H3F3O3/c5-2-4(6,7)10-3(9)1-8/h1H,2H2. The van der Waals surface area contributed by atoms with Crippen molar-refractivity contribution in [3.05, 3.63) is 0 Å². The topological polar surface area (TPSA) is 43.4 Å². The Morgan fingerprint density at radius 3 is 2.40 bits per heavy atom. The van der Waals surface area contributed by atoms with Crippen LogP contribution in [0.3, 0.4) is 0 Å². The van der Waals surface area contributed by atoms with Crippen LogP contribution in [-0.4, -0.2) is 25.0 Å². The van der Waals surface area contributed by atoms with E-state index in [1.807, 2.05) is 0 Å². The number of alkyl halides is 3. The van der Waals surface area contributed by atoms with Crippen LogP contribution in [0.4, 0.5) is 13.2 Å². The quantitative estimate of drug-likeness (QED) is 0.335. The second-order valence-corrected chi connectivity index (χ2v) is 1.31. The van der Waals surface area contributed by atoms with Gasteiger partial charge in [0, 0.05) is 0 Å². The summed E-state index contributed by atoms with van der Waals surface area (Å²) in [5.41, 5.74) is 0. The molecule has 0 heterocycles. The Kier molecular flexibility index (Phi) is 2.85. The van der Waals surface area contributed by atoms with E-state index in [0.29, 0.717) is 0 Å². The molecule has 0 bridgehead atoms. The normalized spacial score (nSPS) is 10.7. The highest BCUT2D eigenvalue weighted by Gasteiger charge is 2.33. The number of ether oxygens (including phenoxy) is 1. The van der Waals surface area contributed by atoms with Crippen molar-refractivity contribution in [2.45, 2.75) is 6.11 Å². The molecule has 0 aromatic carbocycles. The fourth-order valence-electron chi connectivity index (χ4n) is 0.199. The summed E-state index contributed by atoms with van der Waals surface area (Å²) in [6.07, 6.45) is -4.65. The van der Waals surface area contributed by atoms with Crippen molar-refractivity contribution < 1.29 is 27.5 Å². The molecule has 0 radical (unpaired) electrons. The lowest BCUT2D eigenvalue weighted by Crippen LogP contribution is -2.27. The Balaban J connectivity index is 3.87. The van der Waals surface area contributed by atoms with Gasteiger partial charge in [-0.25, -0.2) is 9.18 Å². The number of aldehydes is 1. The van der Waals surface area contributed by atoms with Crippen molar-refractivity contribution in [1.82, 2.24) is 0 Å². The molecule has 0 saturated carbocycles. The molecule has 0 aliphatic carbocycles. The van der Waals surface area contributed by atoms with E-state index in [1.165, 1.54) is 0 Å². The third-order valence-corrected chi connectivity index (χ3v) is 0.502. The summed E-state index contributed by atoms with van der Waals surface area (Å²) in [5.74, 6) is -1.79. The Hall–Kier alpha value is -1.07. The molecule has 0 atom stereocenters. The zero-order valence-corrected chi connectivity index (χ0v) is 4.64. The van der Waals surface area contributed by atoms with Crippen molar-refractivity contribution in [1.29, 1.82) is 0 Å². The van der Waals surface area contributed by atoms with E-state index in [2.05, 4.69) is 4.74 Å². The van der Waals surface area contributed by atoms with Crippen molar-refractivity contribution in [2.75, 3.05) is 6.67 Å². The average Bonchev–Trinajstić information content (AvgIpc) is 1.87. The van der Waals surface area contributed by atoms with Crippen LogP contribution >= 0.6 is 0 Å². The van der Waals surface area contributed by atoms with Crippen LogP contribution in [-0.2, 0) is 14.3 Å². The maximum absolute atomic E-state index is 11.6. The van der Waals surface area contributed by atoms with Gasteiger partial charge >= 0.3 is 12.1 Å². The van der Waals surface area contributed by atoms with Crippen molar-refractivity contribution in [2.24, 2.45) is 0 Å². The minimum atomic E-state index is -4.18. The predicted octanol–water partition coefficient (Wildman–Crippen LogP) is 0.291. The summed E-state index contributed by atoms with van der Waals surface area (Å²) in [6, 6.07) is 0. The molecule has 0 amide bonds. The minimum absolute atomic E-state index is 0.469. The van der Waals surface area contributed by atoms with Crippen molar-refractivity contribution in [3.8, 4) is 0 Å². The van der Waals surface area contributed by atoms with Crippen LogP contribution in [0.25, 0.3) is 0 Å². The zero-order chi connectivity index (χ0) is 8.20. The SMILES string of the molecule is O=CC(=O)OC(F)(F)CF. The Bertz CT molecular complexity index is 145. The first-order valence-electron chi connectivity index (χ1n) is 2.14. The summed E-state index contributed by atoms with van der Waals surface area (Å²) in [7, 11) is 0. The molecule has 0 saturated heterocycles. The second kappa shape index (κ2) is 3.19. The van der Waals surface area contributed by atoms with Crippen LogP contribution < -0.4 is 0 Å². The third kappa shape index (κ3) is 3.06. The van der Waals surface area contributed by atoms with Crippen LogP contribution in [0.2, 0.25) is 0 Å². The smallest absolute Gasteiger partial charge is 0.393 e. The fourth-order valence-corrected chi connectivity index (χ4v) is 0.199. The molecule has 0 aliphatic rings. The number of halogens is 3. The summed E-state index contributed by atoms with van der Waals surface area (Å²) in [4.78, 5) is 19.1. The lowest BCUT2D eigenvalue weighted by atomic mass is 10.7. The van der Waals surface area contributed by atoms with Gasteiger partial charge in [-0.05, 0) is 0 Å². The van der Waals surface area contributed by atoms with Gasteiger partial charge in [-0.15, -0.1) is 0 Å². The number of hydrogen-bond donors (Lipinski definition) is 0. The molecule has 0 aromatic heterocycles. The summed E-state index contributed by atoms with van der Waals surface area (Å²) < 4.78 is 37.4. The summed E-state index contributed by atoms with van der Waals surface area (Å²) in [5, 5.41) is 0. The van der Waals surface area contributed by atoms with Gasteiger partial charge in [0.15, 0.2) is 6.67 Å². The molecule has 3 nitrogen and oxygen atoms in total. The highest BCUT2D eigenvalue weighted by Crippen LogP contribution is 2.14. The third-order valence-electron chi connectivity index (χ3n) is 0.502. The van der Waals surface area contributed by atoms with Crippen LogP contribution in [0.15, 0.2) is 0 Å². The van der Waals surface area contributed by atoms with Gasteiger partial charge in [0.05, 0.1) is 0 Å². The van der Waals surface area contributed by atoms with Gasteiger partial charge in [0.2, 0.25) is 6.29 Å². The molecule has 58 valence electrons. The van der Waals surface area contributed by atoms with Gasteiger partial charge in [-0.3, -0.25) is 4.79 Å². The first-order chi connectivity index (χ1) is 4.52. The molecule has 0 rings (SSSR count). The highest BCUT2D eigenvalue weighted by molar-refractivity contribution is 6.20. The molecule has 0 N–H and O–H groups in total. The number of hydrogen-bond acceptors (Lipinski definition) is 3. The van der Waals surface area contributed by atoms with Crippen LogP contribution in [0, 0.1) is 0 Å². The Labute approximate surface area is 53.8 Å². The van der Waals surface area contributed by atoms with Gasteiger partial charge in [0.1, 0.15) is 0 Å².